The Hall–Kier alpha value is -0.770. The Morgan fingerprint density at radius 2 is 1.90 bits per heavy atom. The summed E-state index contributed by atoms with van der Waals surface area (Å²) in [4.78, 5) is 7.19. The molecule has 0 bridgehead atoms. The van der Waals surface area contributed by atoms with E-state index in [-0.39, 0.29) is 0 Å². The fourth-order valence-electron chi connectivity index (χ4n) is 4.40. The van der Waals surface area contributed by atoms with Gasteiger partial charge in [-0.3, -0.25) is 0 Å². The van der Waals surface area contributed by atoms with Crippen LogP contribution in [0, 0.1) is 5.41 Å². The molecule has 20 heavy (non-hydrogen) atoms. The molecule has 1 saturated heterocycles. The predicted octanol–water partition coefficient (Wildman–Crippen LogP) is 2.52. The second-order valence-corrected chi connectivity index (χ2v) is 6.67. The highest BCUT2D eigenvalue weighted by Gasteiger charge is 2.57. The topological polar surface area (TPSA) is 50.9 Å². The van der Waals surface area contributed by atoms with Gasteiger partial charge in [-0.05, 0) is 45.4 Å². The summed E-state index contributed by atoms with van der Waals surface area (Å²) >= 11 is 0. The Balaban J connectivity index is 1.67. The van der Waals surface area contributed by atoms with Gasteiger partial charge in [0.15, 0.2) is 5.96 Å². The Morgan fingerprint density at radius 3 is 2.55 bits per heavy atom. The summed E-state index contributed by atoms with van der Waals surface area (Å²) in [6.45, 7) is 5.10. The average molecular weight is 279 g/mol. The summed E-state index contributed by atoms with van der Waals surface area (Å²) in [5.41, 5.74) is 6.58. The first-order valence-electron chi connectivity index (χ1n) is 8.46. The molecule has 2 N–H and O–H groups in total. The highest BCUT2D eigenvalue weighted by atomic mass is 16.5. The molecule has 0 aromatic rings. The number of aliphatic imine (C=N–C) groups is 1. The zero-order valence-electron chi connectivity index (χ0n) is 12.8. The average Bonchev–Trinajstić information content (AvgIpc) is 2.99. The number of hydrogen-bond acceptors (Lipinski definition) is 2. The monoisotopic (exact) mass is 279 g/mol. The van der Waals surface area contributed by atoms with Crippen LogP contribution in [0.5, 0.6) is 0 Å². The van der Waals surface area contributed by atoms with Crippen molar-refractivity contribution < 1.29 is 4.74 Å². The molecule has 2 unspecified atom stereocenters. The molecule has 3 aliphatic rings. The lowest BCUT2D eigenvalue weighted by molar-refractivity contribution is -0.119. The molecule has 4 nitrogen and oxygen atoms in total. The molecular weight excluding hydrogens is 250 g/mol. The molecule has 0 radical (unpaired) electrons. The quantitative estimate of drug-likeness (QED) is 0.638. The van der Waals surface area contributed by atoms with E-state index in [9.17, 15) is 0 Å². The number of likely N-dealkylation sites (tertiary alicyclic amines) is 1. The van der Waals surface area contributed by atoms with Crippen molar-refractivity contribution in [1.29, 1.82) is 0 Å². The van der Waals surface area contributed by atoms with Gasteiger partial charge in [-0.15, -0.1) is 0 Å². The van der Waals surface area contributed by atoms with Gasteiger partial charge in [0.05, 0.1) is 12.1 Å². The minimum atomic E-state index is 0.316. The van der Waals surface area contributed by atoms with E-state index in [2.05, 4.69) is 11.8 Å². The molecule has 0 amide bonds. The van der Waals surface area contributed by atoms with E-state index in [0.717, 1.165) is 32.1 Å². The first-order valence-corrected chi connectivity index (χ1v) is 8.46. The Morgan fingerprint density at radius 1 is 1.20 bits per heavy atom. The van der Waals surface area contributed by atoms with Crippen LogP contribution in [0.15, 0.2) is 4.99 Å². The Kier molecular flexibility index (Phi) is 4.20. The van der Waals surface area contributed by atoms with Crippen LogP contribution in [0.3, 0.4) is 0 Å². The van der Waals surface area contributed by atoms with Gasteiger partial charge in [0.2, 0.25) is 0 Å². The predicted molar refractivity (Wildman–Crippen MR) is 81.8 cm³/mol. The fourth-order valence-corrected chi connectivity index (χ4v) is 4.40. The summed E-state index contributed by atoms with van der Waals surface area (Å²) in [7, 11) is 0. The lowest BCUT2D eigenvalue weighted by atomic mass is 9.61. The third-order valence-corrected chi connectivity index (χ3v) is 5.61. The molecule has 0 aromatic carbocycles. The van der Waals surface area contributed by atoms with E-state index < -0.39 is 0 Å². The number of ether oxygens (including phenoxy) is 1. The number of guanidine groups is 1. The third-order valence-electron chi connectivity index (χ3n) is 5.61. The van der Waals surface area contributed by atoms with Crippen molar-refractivity contribution in [3.8, 4) is 0 Å². The zero-order chi connectivity index (χ0) is 14.0. The molecule has 3 fully saturated rings. The van der Waals surface area contributed by atoms with Crippen LogP contribution in [0.4, 0.5) is 0 Å². The third kappa shape index (κ3) is 2.43. The van der Waals surface area contributed by atoms with Crippen LogP contribution in [0.25, 0.3) is 0 Å². The number of rotatable bonds is 3. The van der Waals surface area contributed by atoms with Crippen LogP contribution in [-0.2, 0) is 4.74 Å². The lowest BCUT2D eigenvalue weighted by Crippen LogP contribution is -2.57. The van der Waals surface area contributed by atoms with Crippen LogP contribution in [0.1, 0.15) is 58.3 Å². The second-order valence-electron chi connectivity index (χ2n) is 6.67. The Bertz CT molecular complexity index is 357. The summed E-state index contributed by atoms with van der Waals surface area (Å²) in [5.74, 6) is 0.788. The maximum absolute atomic E-state index is 6.26. The van der Waals surface area contributed by atoms with Crippen LogP contribution in [-0.4, -0.2) is 42.7 Å². The van der Waals surface area contributed by atoms with Crippen molar-refractivity contribution in [2.24, 2.45) is 16.1 Å². The molecule has 4 heteroatoms. The van der Waals surface area contributed by atoms with E-state index in [1.165, 1.54) is 44.9 Å². The summed E-state index contributed by atoms with van der Waals surface area (Å²) in [6.07, 6.45) is 10.6. The molecule has 0 aromatic heterocycles. The van der Waals surface area contributed by atoms with Crippen LogP contribution < -0.4 is 5.73 Å². The van der Waals surface area contributed by atoms with Crippen LogP contribution in [0.2, 0.25) is 0 Å². The smallest absolute Gasteiger partial charge is 0.191 e. The van der Waals surface area contributed by atoms with Gasteiger partial charge in [-0.2, -0.15) is 0 Å². The fraction of sp³-hybridized carbons (Fsp3) is 0.938. The Labute approximate surface area is 122 Å². The normalized spacial score (nSPS) is 33.5. The highest BCUT2D eigenvalue weighted by molar-refractivity contribution is 5.78. The minimum absolute atomic E-state index is 0.316. The first-order chi connectivity index (χ1) is 9.76. The van der Waals surface area contributed by atoms with E-state index in [4.69, 9.17) is 15.5 Å². The van der Waals surface area contributed by atoms with Crippen molar-refractivity contribution in [1.82, 2.24) is 4.90 Å². The molecule has 1 heterocycles. The van der Waals surface area contributed by atoms with Gasteiger partial charge in [-0.1, -0.05) is 12.8 Å². The van der Waals surface area contributed by atoms with Gasteiger partial charge in [0.25, 0.3) is 0 Å². The van der Waals surface area contributed by atoms with Crippen LogP contribution >= 0.6 is 0 Å². The second kappa shape index (κ2) is 5.92. The minimum Gasteiger partial charge on any atom is -0.378 e. The number of nitrogens with two attached hydrogens (primary N) is 1. The maximum atomic E-state index is 6.26. The van der Waals surface area contributed by atoms with E-state index in [0.29, 0.717) is 17.6 Å². The zero-order valence-corrected chi connectivity index (χ0v) is 12.8. The summed E-state index contributed by atoms with van der Waals surface area (Å²) < 4.78 is 5.95. The molecule has 114 valence electrons. The molecular formula is C16H29N3O. The SMILES string of the molecule is CCOC1CC(N=C(N)N2CCCCC2)C12CCCC2. The number of piperidine rings is 1. The van der Waals surface area contributed by atoms with E-state index in [1.54, 1.807) is 0 Å². The van der Waals surface area contributed by atoms with Gasteiger partial charge >= 0.3 is 0 Å². The molecule has 3 rings (SSSR count). The summed E-state index contributed by atoms with van der Waals surface area (Å²) in [6, 6.07) is 0.406. The number of nitrogens with zero attached hydrogens (tertiary/aromatic N) is 2. The van der Waals surface area contributed by atoms with Gasteiger partial charge < -0.3 is 15.4 Å². The van der Waals surface area contributed by atoms with E-state index >= 15 is 0 Å². The molecule has 1 spiro atoms. The lowest BCUT2D eigenvalue weighted by Gasteiger charge is -2.52. The first kappa shape index (κ1) is 14.2. The number of hydrogen-bond donors (Lipinski definition) is 1. The molecule has 2 atom stereocenters. The molecule has 2 aliphatic carbocycles. The standard InChI is InChI=1S/C16H29N3O/c1-2-20-14-12-13(16(14)8-4-5-9-16)18-15(17)19-10-6-3-7-11-19/h13-14H,2-12H2,1H3,(H2,17,18). The van der Waals surface area contributed by atoms with Gasteiger partial charge in [0.1, 0.15) is 0 Å². The van der Waals surface area contributed by atoms with Crippen molar-refractivity contribution >= 4 is 5.96 Å². The van der Waals surface area contributed by atoms with E-state index in [1.807, 2.05) is 0 Å². The van der Waals surface area contributed by atoms with Crippen molar-refractivity contribution in [2.75, 3.05) is 19.7 Å². The molecule has 1 aliphatic heterocycles. The van der Waals surface area contributed by atoms with Gasteiger partial charge in [-0.25, -0.2) is 4.99 Å². The molecule has 2 saturated carbocycles. The van der Waals surface area contributed by atoms with Crippen molar-refractivity contribution in [2.45, 2.75) is 70.4 Å². The van der Waals surface area contributed by atoms with Crippen molar-refractivity contribution in [3.63, 3.8) is 0 Å². The summed E-state index contributed by atoms with van der Waals surface area (Å²) in [5, 5.41) is 0. The maximum Gasteiger partial charge on any atom is 0.191 e. The highest BCUT2D eigenvalue weighted by Crippen LogP contribution is 2.56. The van der Waals surface area contributed by atoms with Crippen molar-refractivity contribution in [3.05, 3.63) is 0 Å². The largest absolute Gasteiger partial charge is 0.378 e. The van der Waals surface area contributed by atoms with Gasteiger partial charge in [0, 0.05) is 25.1 Å².